The van der Waals surface area contributed by atoms with Crippen LogP contribution in [0.4, 0.5) is 0 Å². The molecule has 4 N–H and O–H groups in total. The van der Waals surface area contributed by atoms with Crippen molar-refractivity contribution in [3.8, 4) is 11.4 Å². The Labute approximate surface area is 223 Å². The molecule has 0 bridgehead atoms. The van der Waals surface area contributed by atoms with E-state index < -0.39 is 17.6 Å². The summed E-state index contributed by atoms with van der Waals surface area (Å²) in [7, 11) is 0. The number of nitrogens with one attached hydrogen (secondary N) is 3. The summed E-state index contributed by atoms with van der Waals surface area (Å²) >= 11 is 0. The molecule has 0 aliphatic heterocycles. The van der Waals surface area contributed by atoms with Gasteiger partial charge in [0.05, 0.1) is 5.56 Å². The molecule has 1 atom stereocenters. The maximum absolute atomic E-state index is 13.0. The summed E-state index contributed by atoms with van der Waals surface area (Å²) in [6.45, 7) is 11.7. The maximum atomic E-state index is 13.0. The number of carbonyl (C=O) groups excluding carboxylic acids is 2. The molecule has 2 aromatic carbocycles. The summed E-state index contributed by atoms with van der Waals surface area (Å²) in [5.74, 6) is -0.622. The molecular formula is C29H35N5O4. The van der Waals surface area contributed by atoms with Crippen molar-refractivity contribution in [3.05, 3.63) is 83.2 Å². The van der Waals surface area contributed by atoms with Gasteiger partial charge in [0, 0.05) is 29.9 Å². The van der Waals surface area contributed by atoms with Crippen LogP contribution in [0.3, 0.4) is 0 Å². The highest BCUT2D eigenvalue weighted by molar-refractivity contribution is 5.97. The summed E-state index contributed by atoms with van der Waals surface area (Å²) in [6, 6.07) is 13.8. The van der Waals surface area contributed by atoms with Crippen LogP contribution in [-0.4, -0.2) is 44.5 Å². The summed E-state index contributed by atoms with van der Waals surface area (Å²) < 4.78 is 5.59. The van der Waals surface area contributed by atoms with Gasteiger partial charge >= 0.3 is 5.97 Å². The van der Waals surface area contributed by atoms with Crippen LogP contribution in [0.15, 0.2) is 60.9 Å². The zero-order valence-electron chi connectivity index (χ0n) is 22.6. The molecule has 0 fully saturated rings. The minimum Gasteiger partial charge on any atom is -0.458 e. The molecule has 9 heteroatoms. The van der Waals surface area contributed by atoms with Crippen molar-refractivity contribution in [3.63, 3.8) is 0 Å². The zero-order chi connectivity index (χ0) is 28.1. The molecule has 0 radical (unpaired) electrons. The lowest BCUT2D eigenvalue weighted by atomic mass is 9.86. The largest absolute Gasteiger partial charge is 0.458 e. The molecule has 0 saturated heterocycles. The fourth-order valence-electron chi connectivity index (χ4n) is 3.63. The van der Waals surface area contributed by atoms with Crippen molar-refractivity contribution in [2.24, 2.45) is 0 Å². The predicted molar refractivity (Wildman–Crippen MR) is 145 cm³/mol. The number of hydrogen-bond acceptors (Lipinski definition) is 7. The molecule has 1 amide bonds. The van der Waals surface area contributed by atoms with Gasteiger partial charge in [-0.25, -0.2) is 14.8 Å². The van der Waals surface area contributed by atoms with E-state index in [1.165, 1.54) is 12.4 Å². The van der Waals surface area contributed by atoms with E-state index >= 15 is 0 Å². The average Bonchev–Trinajstić information content (AvgIpc) is 2.87. The number of ether oxygens (including phenoxy) is 1. The van der Waals surface area contributed by atoms with E-state index in [0.717, 1.165) is 16.7 Å². The molecule has 0 spiro atoms. The quantitative estimate of drug-likeness (QED) is 0.157. The second-order valence-electron chi connectivity index (χ2n) is 11.1. The molecule has 0 aliphatic carbocycles. The Morgan fingerprint density at radius 2 is 1.50 bits per heavy atom. The Balaban J connectivity index is 1.77. The van der Waals surface area contributed by atoms with Crippen LogP contribution in [0.1, 0.15) is 68.6 Å². The fraction of sp³-hybridized carbons (Fsp3) is 0.345. The van der Waals surface area contributed by atoms with E-state index in [0.29, 0.717) is 17.0 Å². The van der Waals surface area contributed by atoms with Gasteiger partial charge in [-0.3, -0.25) is 20.9 Å². The minimum atomic E-state index is -0.887. The highest BCUT2D eigenvalue weighted by Gasteiger charge is 2.27. The molecule has 1 heterocycles. The molecule has 200 valence electrons. The first-order chi connectivity index (χ1) is 17.8. The van der Waals surface area contributed by atoms with Crippen LogP contribution in [0, 0.1) is 5.41 Å². The standard InChI is InChI=1S/C29H35N5O4/c1-28(2,3)22-13-11-20(12-14-22)26(35)33-23(27(36)38-29(4,5)6)15-18-7-9-19(10-8-18)25-31-16-21(17-32-25)24(30)34-37/h7-14,16-17,23,37H,15H2,1-6H3,(H2,30,34)(H,33,35)/t23-/m0/s1. The van der Waals surface area contributed by atoms with Gasteiger partial charge in [-0.1, -0.05) is 57.2 Å². The smallest absolute Gasteiger partial charge is 0.329 e. The fourth-order valence-corrected chi connectivity index (χ4v) is 3.63. The van der Waals surface area contributed by atoms with Crippen LogP contribution in [0.25, 0.3) is 11.4 Å². The summed E-state index contributed by atoms with van der Waals surface area (Å²) in [6.07, 6.45) is 3.11. The van der Waals surface area contributed by atoms with Gasteiger partial charge in [0.2, 0.25) is 0 Å². The first kappa shape index (κ1) is 28.5. The number of benzene rings is 2. The SMILES string of the molecule is CC(C)(C)OC(=O)[C@H](Cc1ccc(-c2ncc(C(=N)NO)cn2)cc1)NC(=O)c1ccc(C(C)(C)C)cc1. The maximum Gasteiger partial charge on any atom is 0.329 e. The number of amides is 1. The molecular weight excluding hydrogens is 482 g/mol. The summed E-state index contributed by atoms with van der Waals surface area (Å²) in [5.41, 5.74) is 4.49. The third kappa shape index (κ3) is 7.69. The lowest BCUT2D eigenvalue weighted by Gasteiger charge is -2.25. The van der Waals surface area contributed by atoms with Gasteiger partial charge in [-0.15, -0.1) is 0 Å². The third-order valence-electron chi connectivity index (χ3n) is 5.71. The average molecular weight is 518 g/mol. The van der Waals surface area contributed by atoms with Crippen molar-refractivity contribution >= 4 is 17.7 Å². The van der Waals surface area contributed by atoms with E-state index in [1.807, 2.05) is 36.4 Å². The number of aromatic nitrogens is 2. The molecule has 1 aromatic heterocycles. The van der Waals surface area contributed by atoms with E-state index in [1.54, 1.807) is 38.4 Å². The van der Waals surface area contributed by atoms with Crippen LogP contribution >= 0.6 is 0 Å². The van der Waals surface area contributed by atoms with E-state index in [9.17, 15) is 9.59 Å². The van der Waals surface area contributed by atoms with Crippen molar-refractivity contribution in [2.75, 3.05) is 0 Å². The second kappa shape index (κ2) is 11.5. The van der Waals surface area contributed by atoms with E-state index in [2.05, 4.69) is 36.1 Å². The van der Waals surface area contributed by atoms with Crippen LogP contribution in [-0.2, 0) is 21.4 Å². The Morgan fingerprint density at radius 1 is 0.921 bits per heavy atom. The highest BCUT2D eigenvalue weighted by Crippen LogP contribution is 2.22. The highest BCUT2D eigenvalue weighted by atomic mass is 16.6. The number of hydrogen-bond donors (Lipinski definition) is 4. The number of nitrogens with zero attached hydrogens (tertiary/aromatic N) is 2. The predicted octanol–water partition coefficient (Wildman–Crippen LogP) is 4.43. The Bertz CT molecular complexity index is 1270. The van der Waals surface area contributed by atoms with Gasteiger partial charge < -0.3 is 10.1 Å². The number of esters is 1. The first-order valence-electron chi connectivity index (χ1n) is 12.3. The topological polar surface area (TPSA) is 137 Å². The normalized spacial score (nSPS) is 12.4. The monoisotopic (exact) mass is 517 g/mol. The molecule has 0 aliphatic rings. The summed E-state index contributed by atoms with van der Waals surface area (Å²) in [5, 5.41) is 19.3. The number of amidine groups is 1. The molecule has 3 aromatic rings. The van der Waals surface area contributed by atoms with Crippen LogP contribution < -0.4 is 10.8 Å². The van der Waals surface area contributed by atoms with Crippen LogP contribution in [0.2, 0.25) is 0 Å². The van der Waals surface area contributed by atoms with E-state index in [4.69, 9.17) is 15.4 Å². The Hall–Kier alpha value is -4.11. The lowest BCUT2D eigenvalue weighted by Crippen LogP contribution is -2.45. The van der Waals surface area contributed by atoms with Gasteiger partial charge in [0.25, 0.3) is 5.91 Å². The number of rotatable bonds is 7. The van der Waals surface area contributed by atoms with Gasteiger partial charge in [-0.05, 0) is 49.4 Å². The van der Waals surface area contributed by atoms with Crippen molar-refractivity contribution < 1.29 is 19.5 Å². The lowest BCUT2D eigenvalue weighted by molar-refractivity contribution is -0.157. The van der Waals surface area contributed by atoms with Gasteiger partial charge in [-0.2, -0.15) is 0 Å². The molecule has 0 unspecified atom stereocenters. The molecule has 38 heavy (non-hydrogen) atoms. The van der Waals surface area contributed by atoms with Crippen molar-refractivity contribution in [2.45, 2.75) is 65.0 Å². The number of carbonyl (C=O) groups is 2. The Morgan fingerprint density at radius 3 is 2.00 bits per heavy atom. The molecule has 9 nitrogen and oxygen atoms in total. The van der Waals surface area contributed by atoms with E-state index in [-0.39, 0.29) is 23.6 Å². The third-order valence-corrected chi connectivity index (χ3v) is 5.71. The first-order valence-corrected chi connectivity index (χ1v) is 12.3. The second-order valence-corrected chi connectivity index (χ2v) is 11.1. The van der Waals surface area contributed by atoms with Crippen LogP contribution in [0.5, 0.6) is 0 Å². The van der Waals surface area contributed by atoms with Gasteiger partial charge in [0.15, 0.2) is 11.7 Å². The minimum absolute atomic E-state index is 0.0348. The van der Waals surface area contributed by atoms with Crippen molar-refractivity contribution in [1.82, 2.24) is 20.8 Å². The zero-order valence-corrected chi connectivity index (χ0v) is 22.6. The summed E-state index contributed by atoms with van der Waals surface area (Å²) in [4.78, 5) is 34.5. The Kier molecular flexibility index (Phi) is 8.63. The molecule has 0 saturated carbocycles. The molecule has 3 rings (SSSR count). The van der Waals surface area contributed by atoms with Crippen molar-refractivity contribution in [1.29, 1.82) is 5.41 Å². The van der Waals surface area contributed by atoms with Gasteiger partial charge in [0.1, 0.15) is 11.6 Å². The number of hydroxylamine groups is 1.